The summed E-state index contributed by atoms with van der Waals surface area (Å²) in [6, 6.07) is 20.3. The van der Waals surface area contributed by atoms with Gasteiger partial charge in [0.2, 0.25) is 0 Å². The Labute approximate surface area is 140 Å². The molecule has 3 aromatic rings. The smallest absolute Gasteiger partial charge is 0.254 e. The van der Waals surface area contributed by atoms with Crippen LogP contribution in [-0.4, -0.2) is 22.8 Å². The van der Waals surface area contributed by atoms with Crippen molar-refractivity contribution in [1.29, 1.82) is 0 Å². The van der Waals surface area contributed by atoms with Crippen molar-refractivity contribution < 1.29 is 9.18 Å². The predicted octanol–water partition coefficient (Wildman–Crippen LogP) is 4.08. The molecule has 0 aliphatic heterocycles. The third kappa shape index (κ3) is 3.33. The van der Waals surface area contributed by atoms with Crippen LogP contribution in [0.25, 0.3) is 0 Å². The zero-order valence-corrected chi connectivity index (χ0v) is 13.3. The van der Waals surface area contributed by atoms with E-state index in [1.54, 1.807) is 42.4 Å². The van der Waals surface area contributed by atoms with Crippen LogP contribution in [-0.2, 0) is 0 Å². The molecular weight excluding hydrogens is 303 g/mol. The topological polar surface area (TPSA) is 33.2 Å². The Balaban J connectivity index is 2.03. The van der Waals surface area contributed by atoms with Crippen LogP contribution in [0.1, 0.15) is 27.7 Å². The molecule has 0 bridgehead atoms. The van der Waals surface area contributed by atoms with E-state index in [1.807, 2.05) is 36.4 Å². The maximum absolute atomic E-state index is 13.7. The Hall–Kier alpha value is -3.01. The number of carbonyl (C=O) groups is 1. The summed E-state index contributed by atoms with van der Waals surface area (Å²) in [5.41, 5.74) is 1.95. The van der Waals surface area contributed by atoms with Crippen molar-refractivity contribution in [2.24, 2.45) is 0 Å². The number of rotatable bonds is 4. The van der Waals surface area contributed by atoms with E-state index in [9.17, 15) is 9.18 Å². The Morgan fingerprint density at radius 3 is 2.42 bits per heavy atom. The van der Waals surface area contributed by atoms with Gasteiger partial charge >= 0.3 is 0 Å². The van der Waals surface area contributed by atoms with Gasteiger partial charge in [-0.05, 0) is 42.0 Å². The maximum Gasteiger partial charge on any atom is 0.254 e. The second-order valence-electron chi connectivity index (χ2n) is 5.49. The molecule has 0 aliphatic carbocycles. The van der Waals surface area contributed by atoms with Gasteiger partial charge < -0.3 is 4.90 Å². The standard InChI is InChI=1S/C20H17FN2O/c1-23(20(24)15-8-3-2-4-9-15)19(18-12-5-6-13-22-18)16-10-7-11-17(21)14-16/h2-14,19H,1H3/t19-/m1/s1. The number of hydrogen-bond acceptors (Lipinski definition) is 2. The van der Waals surface area contributed by atoms with Crippen LogP contribution in [0.15, 0.2) is 79.0 Å². The molecule has 0 saturated heterocycles. The van der Waals surface area contributed by atoms with Gasteiger partial charge in [-0.15, -0.1) is 0 Å². The minimum Gasteiger partial charge on any atom is -0.329 e. The van der Waals surface area contributed by atoms with Gasteiger partial charge in [0, 0.05) is 18.8 Å². The lowest BCUT2D eigenvalue weighted by Crippen LogP contribution is -2.32. The van der Waals surface area contributed by atoms with Gasteiger partial charge in [-0.1, -0.05) is 36.4 Å². The first kappa shape index (κ1) is 15.9. The fraction of sp³-hybridized carbons (Fsp3) is 0.100. The summed E-state index contributed by atoms with van der Waals surface area (Å²) in [5.74, 6) is -0.482. The molecule has 3 rings (SSSR count). The lowest BCUT2D eigenvalue weighted by Gasteiger charge is -2.28. The second-order valence-corrected chi connectivity index (χ2v) is 5.49. The first-order valence-electron chi connectivity index (χ1n) is 7.65. The number of benzene rings is 2. The van der Waals surface area contributed by atoms with Crippen molar-refractivity contribution in [3.05, 3.63) is 102 Å². The Morgan fingerprint density at radius 1 is 1.00 bits per heavy atom. The third-order valence-electron chi connectivity index (χ3n) is 3.86. The molecule has 4 heteroatoms. The average Bonchev–Trinajstić information content (AvgIpc) is 2.63. The van der Waals surface area contributed by atoms with E-state index in [-0.39, 0.29) is 11.7 Å². The van der Waals surface area contributed by atoms with Crippen LogP contribution < -0.4 is 0 Å². The summed E-state index contributed by atoms with van der Waals surface area (Å²) in [6.07, 6.45) is 1.67. The molecule has 2 aromatic carbocycles. The van der Waals surface area contributed by atoms with Gasteiger partial charge in [0.15, 0.2) is 0 Å². The van der Waals surface area contributed by atoms with Gasteiger partial charge in [0.1, 0.15) is 5.82 Å². The molecular formula is C20H17FN2O. The molecule has 1 amide bonds. The Bertz CT molecular complexity index is 821. The minimum absolute atomic E-state index is 0.143. The second kappa shape index (κ2) is 7.04. The first-order valence-corrected chi connectivity index (χ1v) is 7.65. The van der Waals surface area contributed by atoms with Gasteiger partial charge in [0.05, 0.1) is 11.7 Å². The minimum atomic E-state index is -0.463. The summed E-state index contributed by atoms with van der Waals surface area (Å²) in [7, 11) is 1.71. The molecule has 0 fully saturated rings. The van der Waals surface area contributed by atoms with E-state index in [0.717, 1.165) is 0 Å². The van der Waals surface area contributed by atoms with E-state index in [1.165, 1.54) is 12.1 Å². The highest BCUT2D eigenvalue weighted by Crippen LogP contribution is 2.27. The Morgan fingerprint density at radius 2 is 1.75 bits per heavy atom. The molecule has 0 aliphatic rings. The number of carbonyl (C=O) groups excluding carboxylic acids is 1. The van der Waals surface area contributed by atoms with Crippen molar-refractivity contribution in [1.82, 2.24) is 9.88 Å². The highest BCUT2D eigenvalue weighted by molar-refractivity contribution is 5.94. The van der Waals surface area contributed by atoms with E-state index in [2.05, 4.69) is 4.98 Å². The molecule has 24 heavy (non-hydrogen) atoms. The van der Waals surface area contributed by atoms with E-state index in [4.69, 9.17) is 0 Å². The summed E-state index contributed by atoms with van der Waals surface area (Å²) in [5, 5.41) is 0. The number of nitrogens with zero attached hydrogens (tertiary/aromatic N) is 2. The highest BCUT2D eigenvalue weighted by Gasteiger charge is 2.25. The van der Waals surface area contributed by atoms with Crippen molar-refractivity contribution in [3.63, 3.8) is 0 Å². The summed E-state index contributed by atoms with van der Waals surface area (Å²) in [6.45, 7) is 0. The predicted molar refractivity (Wildman–Crippen MR) is 91.0 cm³/mol. The summed E-state index contributed by atoms with van der Waals surface area (Å²) >= 11 is 0. The monoisotopic (exact) mass is 320 g/mol. The van der Waals surface area contributed by atoms with Crippen LogP contribution in [0.2, 0.25) is 0 Å². The largest absolute Gasteiger partial charge is 0.329 e. The fourth-order valence-electron chi connectivity index (χ4n) is 2.71. The molecule has 1 aromatic heterocycles. The fourth-order valence-corrected chi connectivity index (χ4v) is 2.71. The van der Waals surface area contributed by atoms with Crippen LogP contribution in [0, 0.1) is 5.82 Å². The van der Waals surface area contributed by atoms with E-state index < -0.39 is 6.04 Å². The Kier molecular flexibility index (Phi) is 4.66. The molecule has 0 spiro atoms. The number of halogens is 1. The quantitative estimate of drug-likeness (QED) is 0.725. The van der Waals surface area contributed by atoms with Crippen molar-refractivity contribution in [3.8, 4) is 0 Å². The lowest BCUT2D eigenvalue weighted by molar-refractivity contribution is 0.0752. The number of hydrogen-bond donors (Lipinski definition) is 0. The molecule has 1 atom stereocenters. The number of amides is 1. The molecule has 0 radical (unpaired) electrons. The normalized spacial score (nSPS) is 11.8. The first-order chi connectivity index (χ1) is 11.7. The van der Waals surface area contributed by atoms with Gasteiger partial charge in [-0.2, -0.15) is 0 Å². The zero-order chi connectivity index (χ0) is 16.9. The number of pyridine rings is 1. The van der Waals surface area contributed by atoms with E-state index in [0.29, 0.717) is 16.8 Å². The number of aromatic nitrogens is 1. The summed E-state index contributed by atoms with van der Waals surface area (Å²) in [4.78, 5) is 18.8. The van der Waals surface area contributed by atoms with Gasteiger partial charge in [-0.25, -0.2) is 4.39 Å². The molecule has 3 nitrogen and oxygen atoms in total. The summed E-state index contributed by atoms with van der Waals surface area (Å²) < 4.78 is 13.7. The average molecular weight is 320 g/mol. The molecule has 120 valence electrons. The third-order valence-corrected chi connectivity index (χ3v) is 3.86. The zero-order valence-electron chi connectivity index (χ0n) is 13.3. The van der Waals surface area contributed by atoms with Crippen LogP contribution >= 0.6 is 0 Å². The molecule has 0 saturated carbocycles. The molecule has 0 unspecified atom stereocenters. The van der Waals surface area contributed by atoms with E-state index >= 15 is 0 Å². The van der Waals surface area contributed by atoms with Crippen LogP contribution in [0.3, 0.4) is 0 Å². The van der Waals surface area contributed by atoms with Gasteiger partial charge in [-0.3, -0.25) is 9.78 Å². The van der Waals surface area contributed by atoms with Gasteiger partial charge in [0.25, 0.3) is 5.91 Å². The SMILES string of the molecule is CN(C(=O)c1ccccc1)[C@H](c1cccc(F)c1)c1ccccn1. The van der Waals surface area contributed by atoms with Crippen LogP contribution in [0.5, 0.6) is 0 Å². The molecule has 1 heterocycles. The van der Waals surface area contributed by atoms with Crippen molar-refractivity contribution in [2.75, 3.05) is 7.05 Å². The van der Waals surface area contributed by atoms with Crippen molar-refractivity contribution >= 4 is 5.91 Å². The van der Waals surface area contributed by atoms with Crippen molar-refractivity contribution in [2.45, 2.75) is 6.04 Å². The molecule has 0 N–H and O–H groups in total. The van der Waals surface area contributed by atoms with Crippen LogP contribution in [0.4, 0.5) is 4.39 Å². The maximum atomic E-state index is 13.7. The highest BCUT2D eigenvalue weighted by atomic mass is 19.1. The lowest BCUT2D eigenvalue weighted by atomic mass is 10.0.